The topological polar surface area (TPSA) is 100 Å². The van der Waals surface area contributed by atoms with Crippen molar-refractivity contribution >= 4 is 23.2 Å². The number of benzene rings is 1. The standard InChI is InChI=1S/C22H29N5O2/c1-15(2)25-22(29)20-5-3-4-19(26-20)21(28)24-14-16-10-12-27(13-11-16)18-8-6-17(23)7-9-18/h3-9,15-16H,10-14,23H2,1-2H3,(H,24,28)(H,25,29). The molecule has 3 rings (SSSR count). The molecule has 2 aromatic rings. The van der Waals surface area contributed by atoms with Gasteiger partial charge in [0.15, 0.2) is 0 Å². The van der Waals surface area contributed by atoms with E-state index in [0.717, 1.165) is 31.6 Å². The lowest BCUT2D eigenvalue weighted by Crippen LogP contribution is -2.39. The summed E-state index contributed by atoms with van der Waals surface area (Å²) in [6.07, 6.45) is 2.02. The Balaban J connectivity index is 1.49. The molecule has 1 fully saturated rings. The van der Waals surface area contributed by atoms with Crippen LogP contribution in [0.3, 0.4) is 0 Å². The van der Waals surface area contributed by atoms with Crippen LogP contribution in [-0.2, 0) is 0 Å². The Labute approximate surface area is 171 Å². The maximum absolute atomic E-state index is 12.5. The molecule has 1 aliphatic heterocycles. The summed E-state index contributed by atoms with van der Waals surface area (Å²) in [4.78, 5) is 31.1. The summed E-state index contributed by atoms with van der Waals surface area (Å²) in [5.74, 6) is -0.0914. The summed E-state index contributed by atoms with van der Waals surface area (Å²) in [5, 5.41) is 5.75. The molecule has 7 heteroatoms. The van der Waals surface area contributed by atoms with E-state index in [1.54, 1.807) is 18.2 Å². The highest BCUT2D eigenvalue weighted by molar-refractivity contribution is 5.96. The average molecular weight is 396 g/mol. The van der Waals surface area contributed by atoms with E-state index in [4.69, 9.17) is 5.73 Å². The van der Waals surface area contributed by atoms with Crippen LogP contribution < -0.4 is 21.3 Å². The second-order valence-corrected chi connectivity index (χ2v) is 7.77. The fourth-order valence-electron chi connectivity index (χ4n) is 3.43. The summed E-state index contributed by atoms with van der Waals surface area (Å²) in [5.41, 5.74) is 8.22. The zero-order valence-electron chi connectivity index (χ0n) is 17.0. The first-order valence-corrected chi connectivity index (χ1v) is 10.1. The molecule has 1 aromatic carbocycles. The van der Waals surface area contributed by atoms with Gasteiger partial charge in [-0.1, -0.05) is 6.07 Å². The van der Waals surface area contributed by atoms with Crippen molar-refractivity contribution < 1.29 is 9.59 Å². The quantitative estimate of drug-likeness (QED) is 0.653. The fraction of sp³-hybridized carbons (Fsp3) is 0.409. The van der Waals surface area contributed by atoms with Crippen molar-refractivity contribution in [3.05, 3.63) is 53.9 Å². The van der Waals surface area contributed by atoms with Crippen molar-refractivity contribution in [2.45, 2.75) is 32.7 Å². The van der Waals surface area contributed by atoms with Crippen LogP contribution in [0.4, 0.5) is 11.4 Å². The number of nitrogens with two attached hydrogens (primary N) is 1. The highest BCUT2D eigenvalue weighted by Crippen LogP contribution is 2.23. The van der Waals surface area contributed by atoms with E-state index in [1.807, 2.05) is 38.1 Å². The number of nitrogen functional groups attached to an aromatic ring is 1. The summed E-state index contributed by atoms with van der Waals surface area (Å²) in [7, 11) is 0. The molecule has 1 saturated heterocycles. The SMILES string of the molecule is CC(C)NC(=O)c1cccc(C(=O)NCC2CCN(c3ccc(N)cc3)CC2)n1. The molecule has 1 aliphatic rings. The van der Waals surface area contributed by atoms with Gasteiger partial charge in [0.1, 0.15) is 11.4 Å². The van der Waals surface area contributed by atoms with Gasteiger partial charge < -0.3 is 21.3 Å². The Morgan fingerprint density at radius 3 is 2.31 bits per heavy atom. The lowest BCUT2D eigenvalue weighted by molar-refractivity contribution is 0.0934. The Morgan fingerprint density at radius 1 is 1.07 bits per heavy atom. The van der Waals surface area contributed by atoms with E-state index in [1.165, 1.54) is 5.69 Å². The van der Waals surface area contributed by atoms with Gasteiger partial charge >= 0.3 is 0 Å². The van der Waals surface area contributed by atoms with Crippen LogP contribution in [0.5, 0.6) is 0 Å². The molecule has 154 valence electrons. The maximum Gasteiger partial charge on any atom is 0.270 e. The zero-order valence-corrected chi connectivity index (χ0v) is 17.0. The molecule has 2 heterocycles. The number of carbonyl (C=O) groups is 2. The molecule has 0 saturated carbocycles. The van der Waals surface area contributed by atoms with Gasteiger partial charge in [-0.3, -0.25) is 9.59 Å². The molecule has 0 aliphatic carbocycles. The predicted molar refractivity (Wildman–Crippen MR) is 115 cm³/mol. The Hall–Kier alpha value is -3.09. The van der Waals surface area contributed by atoms with Crippen molar-refractivity contribution in [2.24, 2.45) is 5.92 Å². The van der Waals surface area contributed by atoms with E-state index < -0.39 is 0 Å². The third-order valence-electron chi connectivity index (χ3n) is 5.06. The van der Waals surface area contributed by atoms with Crippen LogP contribution in [-0.4, -0.2) is 42.5 Å². The van der Waals surface area contributed by atoms with Crippen LogP contribution in [0.2, 0.25) is 0 Å². The first kappa shape index (κ1) is 20.6. The number of nitrogens with zero attached hydrogens (tertiary/aromatic N) is 2. The highest BCUT2D eigenvalue weighted by Gasteiger charge is 2.21. The fourth-order valence-corrected chi connectivity index (χ4v) is 3.43. The zero-order chi connectivity index (χ0) is 20.8. The number of anilines is 2. The van der Waals surface area contributed by atoms with Crippen LogP contribution in [0, 0.1) is 5.92 Å². The largest absolute Gasteiger partial charge is 0.399 e. The van der Waals surface area contributed by atoms with E-state index in [9.17, 15) is 9.59 Å². The second-order valence-electron chi connectivity index (χ2n) is 7.77. The summed E-state index contributed by atoms with van der Waals surface area (Å²) >= 11 is 0. The summed E-state index contributed by atoms with van der Waals surface area (Å²) in [6.45, 7) is 6.28. The first-order chi connectivity index (χ1) is 13.9. The van der Waals surface area contributed by atoms with Gasteiger partial charge in [0.05, 0.1) is 0 Å². The molecule has 0 radical (unpaired) electrons. The van der Waals surface area contributed by atoms with E-state index >= 15 is 0 Å². The van der Waals surface area contributed by atoms with Gasteiger partial charge in [-0.15, -0.1) is 0 Å². The molecule has 0 unspecified atom stereocenters. The van der Waals surface area contributed by atoms with Crippen LogP contribution >= 0.6 is 0 Å². The Morgan fingerprint density at radius 2 is 1.69 bits per heavy atom. The molecule has 29 heavy (non-hydrogen) atoms. The van der Waals surface area contributed by atoms with E-state index in [0.29, 0.717) is 12.5 Å². The number of carbonyl (C=O) groups excluding carboxylic acids is 2. The minimum absolute atomic E-state index is 0.0147. The Bertz CT molecular complexity index is 843. The molecule has 0 spiro atoms. The monoisotopic (exact) mass is 395 g/mol. The van der Waals surface area contributed by atoms with E-state index in [-0.39, 0.29) is 29.2 Å². The minimum Gasteiger partial charge on any atom is -0.399 e. The predicted octanol–water partition coefficient (Wildman–Crippen LogP) is 2.45. The Kier molecular flexibility index (Phi) is 6.69. The molecule has 1 aromatic heterocycles. The molecule has 0 atom stereocenters. The normalized spacial score (nSPS) is 14.7. The van der Waals surface area contributed by atoms with E-state index in [2.05, 4.69) is 20.5 Å². The lowest BCUT2D eigenvalue weighted by atomic mass is 9.96. The lowest BCUT2D eigenvalue weighted by Gasteiger charge is -2.33. The minimum atomic E-state index is -0.273. The number of amides is 2. The third-order valence-corrected chi connectivity index (χ3v) is 5.06. The number of aromatic nitrogens is 1. The second kappa shape index (κ2) is 9.41. The number of pyridine rings is 1. The number of hydrogen-bond acceptors (Lipinski definition) is 5. The molecular formula is C22H29N5O2. The van der Waals surface area contributed by atoms with Gasteiger partial charge in [-0.05, 0) is 69.0 Å². The van der Waals surface area contributed by atoms with Gasteiger partial charge in [0.2, 0.25) is 0 Å². The van der Waals surface area contributed by atoms with Crippen molar-refractivity contribution in [1.29, 1.82) is 0 Å². The molecule has 0 bridgehead atoms. The highest BCUT2D eigenvalue weighted by atomic mass is 16.2. The number of rotatable bonds is 6. The average Bonchev–Trinajstić information content (AvgIpc) is 2.72. The van der Waals surface area contributed by atoms with Crippen LogP contribution in [0.25, 0.3) is 0 Å². The van der Waals surface area contributed by atoms with Crippen LogP contribution in [0.15, 0.2) is 42.5 Å². The maximum atomic E-state index is 12.5. The molecular weight excluding hydrogens is 366 g/mol. The van der Waals surface area contributed by atoms with Crippen molar-refractivity contribution in [3.63, 3.8) is 0 Å². The first-order valence-electron chi connectivity index (χ1n) is 10.1. The third kappa shape index (κ3) is 5.70. The van der Waals surface area contributed by atoms with Crippen molar-refractivity contribution in [2.75, 3.05) is 30.3 Å². The summed E-state index contributed by atoms with van der Waals surface area (Å²) in [6, 6.07) is 12.9. The molecule has 7 nitrogen and oxygen atoms in total. The van der Waals surface area contributed by atoms with Gasteiger partial charge in [-0.2, -0.15) is 0 Å². The molecule has 2 amide bonds. The van der Waals surface area contributed by atoms with Crippen molar-refractivity contribution in [1.82, 2.24) is 15.6 Å². The smallest absolute Gasteiger partial charge is 0.270 e. The number of piperidine rings is 1. The number of nitrogens with one attached hydrogen (secondary N) is 2. The van der Waals surface area contributed by atoms with Gasteiger partial charge in [0.25, 0.3) is 11.8 Å². The van der Waals surface area contributed by atoms with Crippen molar-refractivity contribution in [3.8, 4) is 0 Å². The van der Waals surface area contributed by atoms with Gasteiger partial charge in [-0.25, -0.2) is 4.98 Å². The summed E-state index contributed by atoms with van der Waals surface area (Å²) < 4.78 is 0. The van der Waals surface area contributed by atoms with Gasteiger partial charge in [0, 0.05) is 37.1 Å². The molecule has 4 N–H and O–H groups in total. The number of hydrogen-bond donors (Lipinski definition) is 3. The van der Waals surface area contributed by atoms with Crippen LogP contribution in [0.1, 0.15) is 47.7 Å².